The van der Waals surface area contributed by atoms with Crippen molar-refractivity contribution in [2.24, 2.45) is 5.92 Å². The summed E-state index contributed by atoms with van der Waals surface area (Å²) in [6, 6.07) is 12.2. The Bertz CT molecular complexity index is 967. The first-order chi connectivity index (χ1) is 17.0. The van der Waals surface area contributed by atoms with Gasteiger partial charge in [0.1, 0.15) is 30.8 Å². The molecule has 2 aliphatic rings. The largest absolute Gasteiger partial charge is 0.497 e. The summed E-state index contributed by atoms with van der Waals surface area (Å²) in [4.78, 5) is 15.2. The van der Waals surface area contributed by atoms with Crippen LogP contribution in [0.5, 0.6) is 23.0 Å². The summed E-state index contributed by atoms with van der Waals surface area (Å²) in [5.74, 6) is 3.16. The number of carbonyl (C=O) groups excluding carboxylic acids is 1. The van der Waals surface area contributed by atoms with Gasteiger partial charge in [0.15, 0.2) is 11.5 Å². The monoisotopic (exact) mass is 484 g/mol. The molecule has 1 saturated heterocycles. The normalized spacial score (nSPS) is 19.5. The molecule has 0 spiro atoms. The third-order valence-corrected chi connectivity index (χ3v) is 6.49. The Kier molecular flexibility index (Phi) is 8.71. The van der Waals surface area contributed by atoms with Crippen molar-refractivity contribution in [1.29, 1.82) is 0 Å². The van der Waals surface area contributed by atoms with E-state index in [1.807, 2.05) is 42.5 Å². The molecule has 1 unspecified atom stereocenters. The van der Waals surface area contributed by atoms with Crippen molar-refractivity contribution in [2.45, 2.75) is 38.3 Å². The third-order valence-electron chi connectivity index (χ3n) is 6.49. The third kappa shape index (κ3) is 7.02. The van der Waals surface area contributed by atoms with Crippen LogP contribution in [0.2, 0.25) is 0 Å². The molecule has 3 atom stereocenters. The minimum Gasteiger partial charge on any atom is -0.497 e. The van der Waals surface area contributed by atoms with E-state index >= 15 is 0 Å². The van der Waals surface area contributed by atoms with Crippen molar-refractivity contribution < 1.29 is 28.8 Å². The fourth-order valence-electron chi connectivity index (χ4n) is 4.64. The maximum atomic E-state index is 12.8. The van der Waals surface area contributed by atoms with Gasteiger partial charge in [0.2, 0.25) is 5.91 Å². The molecule has 0 saturated carbocycles. The predicted molar refractivity (Wildman–Crippen MR) is 132 cm³/mol. The summed E-state index contributed by atoms with van der Waals surface area (Å²) < 4.78 is 22.2. The topological polar surface area (TPSA) is 89.5 Å². The number of carbonyl (C=O) groups is 1. The van der Waals surface area contributed by atoms with Gasteiger partial charge in [0, 0.05) is 13.1 Å². The number of nitrogens with zero attached hydrogens (tertiary/aromatic N) is 1. The number of methoxy groups -OCH3 is 1. The molecule has 1 amide bonds. The summed E-state index contributed by atoms with van der Waals surface area (Å²) >= 11 is 0. The van der Waals surface area contributed by atoms with Gasteiger partial charge in [-0.15, -0.1) is 0 Å². The van der Waals surface area contributed by atoms with Crippen LogP contribution in [0.4, 0.5) is 0 Å². The number of hydrogen-bond donors (Lipinski definition) is 2. The van der Waals surface area contributed by atoms with Gasteiger partial charge >= 0.3 is 0 Å². The van der Waals surface area contributed by atoms with E-state index in [1.54, 1.807) is 7.11 Å². The molecule has 1 fully saturated rings. The molecule has 8 heteroatoms. The van der Waals surface area contributed by atoms with Crippen molar-refractivity contribution in [2.75, 3.05) is 46.6 Å². The van der Waals surface area contributed by atoms with Crippen LogP contribution in [0.15, 0.2) is 42.5 Å². The first-order valence-electron chi connectivity index (χ1n) is 12.4. The first kappa shape index (κ1) is 25.1. The van der Waals surface area contributed by atoms with Crippen LogP contribution in [0.3, 0.4) is 0 Å². The molecule has 2 aromatic carbocycles. The van der Waals surface area contributed by atoms with Crippen molar-refractivity contribution in [3.63, 3.8) is 0 Å². The lowest BCUT2D eigenvalue weighted by Gasteiger charge is -2.35. The zero-order chi connectivity index (χ0) is 24.6. The number of aliphatic hydroxyl groups excluding tert-OH is 1. The molecule has 2 aliphatic heterocycles. The number of rotatable bonds is 10. The highest BCUT2D eigenvalue weighted by Gasteiger charge is 2.28. The van der Waals surface area contributed by atoms with E-state index in [2.05, 4.69) is 17.1 Å². The number of likely N-dealkylation sites (tertiary alicyclic amines) is 1. The van der Waals surface area contributed by atoms with Crippen molar-refractivity contribution >= 4 is 5.91 Å². The second-order valence-electron chi connectivity index (χ2n) is 9.30. The van der Waals surface area contributed by atoms with Gasteiger partial charge in [0.05, 0.1) is 26.2 Å². The van der Waals surface area contributed by atoms with Crippen LogP contribution in [0.25, 0.3) is 0 Å². The first-order valence-corrected chi connectivity index (χ1v) is 12.4. The van der Waals surface area contributed by atoms with E-state index in [0.29, 0.717) is 48.5 Å². The summed E-state index contributed by atoms with van der Waals surface area (Å²) in [5, 5.41) is 14.4. The predicted octanol–water partition coefficient (Wildman–Crippen LogP) is 3.19. The molecule has 0 aromatic heterocycles. The molecule has 2 aromatic rings. The number of benzene rings is 2. The van der Waals surface area contributed by atoms with Crippen LogP contribution in [-0.4, -0.2) is 68.5 Å². The Morgan fingerprint density at radius 2 is 1.89 bits per heavy atom. The number of hydrogen-bond acceptors (Lipinski definition) is 7. The smallest absolute Gasteiger partial charge is 0.223 e. The van der Waals surface area contributed by atoms with E-state index < -0.39 is 12.1 Å². The molecular weight excluding hydrogens is 448 g/mol. The average Bonchev–Trinajstić information content (AvgIpc) is 2.88. The van der Waals surface area contributed by atoms with E-state index in [0.717, 1.165) is 25.3 Å². The van der Waals surface area contributed by atoms with Crippen LogP contribution < -0.4 is 24.3 Å². The number of fused-ring (bicyclic) bond motifs is 1. The second kappa shape index (κ2) is 12.1. The summed E-state index contributed by atoms with van der Waals surface area (Å²) in [7, 11) is 1.61. The molecule has 4 rings (SSSR count). The maximum absolute atomic E-state index is 12.8. The molecular formula is C27H36N2O6. The fraction of sp³-hybridized carbons (Fsp3) is 0.519. The Balaban J connectivity index is 1.39. The molecule has 2 N–H and O–H groups in total. The van der Waals surface area contributed by atoms with Crippen LogP contribution >= 0.6 is 0 Å². The summed E-state index contributed by atoms with van der Waals surface area (Å²) in [6.45, 7) is 5.97. The summed E-state index contributed by atoms with van der Waals surface area (Å²) in [6.07, 6.45) is 1.64. The second-order valence-corrected chi connectivity index (χ2v) is 9.30. The molecule has 0 aliphatic carbocycles. The van der Waals surface area contributed by atoms with Gasteiger partial charge in [-0.05, 0) is 67.3 Å². The summed E-state index contributed by atoms with van der Waals surface area (Å²) in [5.41, 5.74) is 0.694. The van der Waals surface area contributed by atoms with E-state index in [9.17, 15) is 9.90 Å². The zero-order valence-electron chi connectivity index (χ0n) is 20.6. The van der Waals surface area contributed by atoms with Gasteiger partial charge < -0.3 is 34.3 Å². The molecule has 35 heavy (non-hydrogen) atoms. The van der Waals surface area contributed by atoms with Gasteiger partial charge in [-0.1, -0.05) is 13.0 Å². The highest BCUT2D eigenvalue weighted by atomic mass is 16.6. The highest BCUT2D eigenvalue weighted by molar-refractivity contribution is 5.76. The molecule has 2 heterocycles. The minimum absolute atomic E-state index is 0.162. The van der Waals surface area contributed by atoms with Gasteiger partial charge in [-0.25, -0.2) is 0 Å². The molecule has 0 radical (unpaired) electrons. The number of piperidine rings is 1. The van der Waals surface area contributed by atoms with E-state index in [1.165, 1.54) is 6.42 Å². The van der Waals surface area contributed by atoms with E-state index in [4.69, 9.17) is 18.9 Å². The molecule has 190 valence electrons. The minimum atomic E-state index is -0.880. The van der Waals surface area contributed by atoms with Gasteiger partial charge in [-0.3, -0.25) is 4.79 Å². The fourth-order valence-corrected chi connectivity index (χ4v) is 4.64. The van der Waals surface area contributed by atoms with Crippen LogP contribution in [-0.2, 0) is 4.79 Å². The van der Waals surface area contributed by atoms with Crippen molar-refractivity contribution in [1.82, 2.24) is 10.2 Å². The van der Waals surface area contributed by atoms with Gasteiger partial charge in [-0.2, -0.15) is 0 Å². The lowest BCUT2D eigenvalue weighted by Crippen LogP contribution is -2.49. The lowest BCUT2D eigenvalue weighted by atomic mass is 9.97. The Morgan fingerprint density at radius 3 is 2.63 bits per heavy atom. The van der Waals surface area contributed by atoms with Crippen molar-refractivity contribution in [3.05, 3.63) is 48.0 Å². The number of amides is 1. The molecule has 0 bridgehead atoms. The van der Waals surface area contributed by atoms with Crippen LogP contribution in [0, 0.1) is 5.92 Å². The van der Waals surface area contributed by atoms with Crippen molar-refractivity contribution in [3.8, 4) is 23.0 Å². The maximum Gasteiger partial charge on any atom is 0.223 e. The standard InChI is InChI=1S/C27H36N2O6/c1-19-4-3-12-29(17-19)18-23(27(31)20-5-10-24-25(16-20)35-15-14-34-24)28-26(30)11-13-33-22-8-6-21(32-2)7-9-22/h5-10,16,19,23,27,31H,3-4,11-15,17-18H2,1-2H3,(H,28,30)/t19?,23-,27-/m1/s1. The zero-order valence-corrected chi connectivity index (χ0v) is 20.6. The quantitative estimate of drug-likeness (QED) is 0.535. The molecule has 8 nitrogen and oxygen atoms in total. The Morgan fingerprint density at radius 1 is 1.14 bits per heavy atom. The van der Waals surface area contributed by atoms with E-state index in [-0.39, 0.29) is 18.9 Å². The lowest BCUT2D eigenvalue weighted by molar-refractivity contribution is -0.123. The van der Waals surface area contributed by atoms with Gasteiger partial charge in [0.25, 0.3) is 0 Å². The van der Waals surface area contributed by atoms with Crippen LogP contribution in [0.1, 0.15) is 37.9 Å². The Hall–Kier alpha value is -2.97. The Labute approximate surface area is 207 Å². The highest BCUT2D eigenvalue weighted by Crippen LogP contribution is 2.33. The number of aliphatic hydroxyl groups is 1. The SMILES string of the molecule is COc1ccc(OCCC(=O)N[C@H](CN2CCCC(C)C2)[C@H](O)c2ccc3c(c2)OCCO3)cc1. The number of ether oxygens (including phenoxy) is 4. The number of nitrogens with one attached hydrogen (secondary N) is 1. The average molecular weight is 485 g/mol.